The minimum absolute atomic E-state index is 0.0632. The van der Waals surface area contributed by atoms with Crippen LogP contribution in [0.2, 0.25) is 0 Å². The molecule has 100 valence electrons. The second-order valence-corrected chi connectivity index (χ2v) is 6.86. The Morgan fingerprint density at radius 2 is 2.06 bits per heavy atom. The highest BCUT2D eigenvalue weighted by Gasteiger charge is 2.50. The lowest BCUT2D eigenvalue weighted by atomic mass is 9.76. The molecule has 0 aromatic rings. The molecule has 1 aliphatic heterocycles. The number of hydrogen-bond acceptors (Lipinski definition) is 4. The Hall–Kier alpha value is -0.620. The summed E-state index contributed by atoms with van der Waals surface area (Å²) in [7, 11) is -3.23. The maximum atomic E-state index is 12.0. The van der Waals surface area contributed by atoms with Gasteiger partial charge in [0.25, 0.3) is 0 Å². The molecule has 1 rings (SSSR count). The normalized spacial score (nSPS) is 26.4. The number of carbonyl (C=O) groups excluding carboxylic acids is 1. The van der Waals surface area contributed by atoms with Crippen molar-refractivity contribution in [3.8, 4) is 0 Å². The molecular formula is C11H21NO4S. The Morgan fingerprint density at radius 1 is 1.47 bits per heavy atom. The van der Waals surface area contributed by atoms with Gasteiger partial charge in [0.05, 0.1) is 18.3 Å². The number of rotatable bonds is 4. The van der Waals surface area contributed by atoms with Gasteiger partial charge in [-0.2, -0.15) is 0 Å². The van der Waals surface area contributed by atoms with Gasteiger partial charge in [0.2, 0.25) is 10.0 Å². The lowest BCUT2D eigenvalue weighted by Gasteiger charge is -2.30. The average molecular weight is 263 g/mol. The lowest BCUT2D eigenvalue weighted by Crippen LogP contribution is -2.41. The van der Waals surface area contributed by atoms with Gasteiger partial charge >= 0.3 is 5.97 Å². The summed E-state index contributed by atoms with van der Waals surface area (Å²) in [4.78, 5) is 12.0. The van der Waals surface area contributed by atoms with Gasteiger partial charge in [0.1, 0.15) is 0 Å². The molecule has 0 N–H and O–H groups in total. The van der Waals surface area contributed by atoms with Crippen LogP contribution in [0.5, 0.6) is 0 Å². The van der Waals surface area contributed by atoms with Gasteiger partial charge in [-0.05, 0) is 19.3 Å². The summed E-state index contributed by atoms with van der Waals surface area (Å²) in [5.41, 5.74) is -0.681. The van der Waals surface area contributed by atoms with E-state index in [1.165, 1.54) is 10.6 Å². The number of ether oxygens (including phenoxy) is 1. The Balaban J connectivity index is 2.95. The molecule has 0 aliphatic carbocycles. The summed E-state index contributed by atoms with van der Waals surface area (Å²) in [5.74, 6) is -0.213. The van der Waals surface area contributed by atoms with Crippen molar-refractivity contribution < 1.29 is 17.9 Å². The minimum atomic E-state index is -3.23. The van der Waals surface area contributed by atoms with E-state index in [-0.39, 0.29) is 18.4 Å². The van der Waals surface area contributed by atoms with Crippen molar-refractivity contribution in [1.29, 1.82) is 0 Å². The third-order valence-electron chi connectivity index (χ3n) is 3.52. The first kappa shape index (κ1) is 14.4. The van der Waals surface area contributed by atoms with Crippen molar-refractivity contribution in [2.24, 2.45) is 11.3 Å². The molecule has 0 aromatic carbocycles. The van der Waals surface area contributed by atoms with Crippen LogP contribution >= 0.6 is 0 Å². The third kappa shape index (κ3) is 2.80. The van der Waals surface area contributed by atoms with Crippen LogP contribution in [0.4, 0.5) is 0 Å². The molecule has 0 bridgehead atoms. The molecule has 0 unspecified atom stereocenters. The van der Waals surface area contributed by atoms with Crippen LogP contribution in [0, 0.1) is 11.3 Å². The number of nitrogens with zero attached hydrogens (tertiary/aromatic N) is 1. The van der Waals surface area contributed by atoms with Crippen molar-refractivity contribution >= 4 is 16.0 Å². The van der Waals surface area contributed by atoms with Gasteiger partial charge in [0.15, 0.2) is 0 Å². The summed E-state index contributed by atoms with van der Waals surface area (Å²) < 4.78 is 29.5. The predicted octanol–water partition coefficient (Wildman–Crippen LogP) is 0.857. The van der Waals surface area contributed by atoms with Gasteiger partial charge in [-0.25, -0.2) is 12.7 Å². The highest BCUT2D eigenvalue weighted by molar-refractivity contribution is 7.88. The van der Waals surface area contributed by atoms with Gasteiger partial charge in [-0.1, -0.05) is 13.8 Å². The summed E-state index contributed by atoms with van der Waals surface area (Å²) >= 11 is 0. The maximum absolute atomic E-state index is 12.0. The van der Waals surface area contributed by atoms with E-state index in [1.807, 2.05) is 13.8 Å². The SMILES string of the molecule is CCOC(=O)[C@@]1(C(C)C)CCN(S(C)(=O)=O)C1. The monoisotopic (exact) mass is 263 g/mol. The highest BCUT2D eigenvalue weighted by atomic mass is 32.2. The summed E-state index contributed by atoms with van der Waals surface area (Å²) in [6.07, 6.45) is 1.71. The van der Waals surface area contributed by atoms with Crippen molar-refractivity contribution in [2.75, 3.05) is 26.0 Å². The van der Waals surface area contributed by atoms with E-state index >= 15 is 0 Å². The summed E-state index contributed by atoms with van der Waals surface area (Å²) in [5, 5.41) is 0. The molecule has 0 aromatic heterocycles. The molecule has 0 saturated carbocycles. The number of esters is 1. The van der Waals surface area contributed by atoms with Crippen LogP contribution in [0.15, 0.2) is 0 Å². The van der Waals surface area contributed by atoms with Gasteiger partial charge in [-0.15, -0.1) is 0 Å². The first-order valence-electron chi connectivity index (χ1n) is 5.86. The zero-order valence-corrected chi connectivity index (χ0v) is 11.7. The van der Waals surface area contributed by atoms with Gasteiger partial charge in [0, 0.05) is 13.1 Å². The largest absolute Gasteiger partial charge is 0.466 e. The molecule has 0 radical (unpaired) electrons. The molecule has 1 atom stereocenters. The molecule has 1 heterocycles. The highest BCUT2D eigenvalue weighted by Crippen LogP contribution is 2.39. The summed E-state index contributed by atoms with van der Waals surface area (Å²) in [6, 6.07) is 0. The third-order valence-corrected chi connectivity index (χ3v) is 4.77. The van der Waals surface area contributed by atoms with Crippen LogP contribution in [-0.4, -0.2) is 44.6 Å². The minimum Gasteiger partial charge on any atom is -0.466 e. The van der Waals surface area contributed by atoms with E-state index in [9.17, 15) is 13.2 Å². The van der Waals surface area contributed by atoms with Crippen LogP contribution in [0.3, 0.4) is 0 Å². The average Bonchev–Trinajstić information content (AvgIpc) is 2.62. The van der Waals surface area contributed by atoms with E-state index in [2.05, 4.69) is 0 Å². The summed E-state index contributed by atoms with van der Waals surface area (Å²) in [6.45, 7) is 6.59. The Labute approximate surface area is 103 Å². The van der Waals surface area contributed by atoms with Gasteiger partial charge in [-0.3, -0.25) is 4.79 Å². The van der Waals surface area contributed by atoms with E-state index in [0.717, 1.165) is 0 Å². The fraction of sp³-hybridized carbons (Fsp3) is 0.909. The van der Waals surface area contributed by atoms with E-state index in [4.69, 9.17) is 4.74 Å². The van der Waals surface area contributed by atoms with E-state index in [0.29, 0.717) is 19.6 Å². The first-order chi connectivity index (χ1) is 7.74. The second kappa shape index (κ2) is 4.94. The van der Waals surface area contributed by atoms with Gasteiger partial charge < -0.3 is 4.74 Å². The molecule has 1 saturated heterocycles. The molecule has 1 aliphatic rings. The molecular weight excluding hydrogens is 242 g/mol. The van der Waals surface area contributed by atoms with Crippen LogP contribution in [-0.2, 0) is 19.6 Å². The molecule has 5 nitrogen and oxygen atoms in total. The topological polar surface area (TPSA) is 63.7 Å². The fourth-order valence-electron chi connectivity index (χ4n) is 2.23. The van der Waals surface area contributed by atoms with E-state index < -0.39 is 15.4 Å². The van der Waals surface area contributed by atoms with Crippen molar-refractivity contribution in [3.05, 3.63) is 0 Å². The van der Waals surface area contributed by atoms with Crippen LogP contribution < -0.4 is 0 Å². The zero-order valence-electron chi connectivity index (χ0n) is 10.9. The lowest BCUT2D eigenvalue weighted by molar-refractivity contribution is -0.157. The van der Waals surface area contributed by atoms with Crippen molar-refractivity contribution in [1.82, 2.24) is 4.31 Å². The Kier molecular flexibility index (Phi) is 4.19. The molecule has 0 spiro atoms. The molecule has 17 heavy (non-hydrogen) atoms. The molecule has 1 fully saturated rings. The zero-order chi connectivity index (χ0) is 13.3. The molecule has 6 heteroatoms. The van der Waals surface area contributed by atoms with Crippen molar-refractivity contribution in [3.63, 3.8) is 0 Å². The molecule has 0 amide bonds. The smallest absolute Gasteiger partial charge is 0.313 e. The number of carbonyl (C=O) groups is 1. The van der Waals surface area contributed by atoms with Crippen LogP contribution in [0.1, 0.15) is 27.2 Å². The maximum Gasteiger partial charge on any atom is 0.313 e. The number of sulfonamides is 1. The quantitative estimate of drug-likeness (QED) is 0.706. The second-order valence-electron chi connectivity index (χ2n) is 4.88. The standard InChI is InChI=1S/C11H21NO4S/c1-5-16-10(13)11(9(2)3)6-7-12(8-11)17(4,14)15/h9H,5-8H2,1-4H3/t11-/m0/s1. The first-order valence-corrected chi connectivity index (χ1v) is 7.71. The predicted molar refractivity (Wildman–Crippen MR) is 64.9 cm³/mol. The Bertz CT molecular complexity index is 390. The van der Waals surface area contributed by atoms with Crippen LogP contribution in [0.25, 0.3) is 0 Å². The van der Waals surface area contributed by atoms with E-state index in [1.54, 1.807) is 6.92 Å². The fourth-order valence-corrected chi connectivity index (χ4v) is 3.12. The van der Waals surface area contributed by atoms with Crippen molar-refractivity contribution in [2.45, 2.75) is 27.2 Å². The Morgan fingerprint density at radius 3 is 2.41 bits per heavy atom. The number of hydrogen-bond donors (Lipinski definition) is 0.